The van der Waals surface area contributed by atoms with Crippen LogP contribution >= 0.6 is 38.9 Å². The van der Waals surface area contributed by atoms with Crippen LogP contribution in [0.4, 0.5) is 0 Å². The summed E-state index contributed by atoms with van der Waals surface area (Å²) >= 11 is 10.9. The van der Waals surface area contributed by atoms with Crippen LogP contribution in [0.25, 0.3) is 17.4 Å². The molecule has 1 aliphatic heterocycles. The Morgan fingerprint density at radius 3 is 2.59 bits per heavy atom. The van der Waals surface area contributed by atoms with Gasteiger partial charge < -0.3 is 23.7 Å². The lowest BCUT2D eigenvalue weighted by atomic mass is 9.95. The fourth-order valence-electron chi connectivity index (χ4n) is 4.83. The van der Waals surface area contributed by atoms with Crippen LogP contribution in [-0.2, 0) is 9.53 Å². The van der Waals surface area contributed by atoms with Gasteiger partial charge in [-0.25, -0.2) is 14.6 Å². The molecule has 5 rings (SSSR count). The molecule has 228 valence electrons. The molecule has 13 heteroatoms. The molecule has 1 N–H and O–H groups in total. The van der Waals surface area contributed by atoms with Gasteiger partial charge in [0.15, 0.2) is 16.3 Å². The molecule has 1 aliphatic rings. The number of esters is 1. The zero-order valence-electron chi connectivity index (χ0n) is 24.0. The maximum atomic E-state index is 14.0. The van der Waals surface area contributed by atoms with Crippen LogP contribution in [0.3, 0.4) is 0 Å². The Hall–Kier alpha value is -4.13. The molecule has 0 saturated carbocycles. The number of carboxylic acids is 1. The topological polar surface area (TPSA) is 130 Å². The number of allylic oxidation sites excluding steroid dienone is 1. The van der Waals surface area contributed by atoms with Crippen molar-refractivity contribution in [2.75, 3.05) is 20.3 Å². The van der Waals surface area contributed by atoms with Crippen molar-refractivity contribution in [3.63, 3.8) is 0 Å². The number of nitrogens with zero attached hydrogens (tertiary/aromatic N) is 2. The predicted octanol–water partition coefficient (Wildman–Crippen LogP) is 5.58. The molecule has 0 saturated heterocycles. The maximum Gasteiger partial charge on any atom is 0.338 e. The summed E-state index contributed by atoms with van der Waals surface area (Å²) in [7, 11) is 1.51. The van der Waals surface area contributed by atoms with E-state index in [9.17, 15) is 19.5 Å². The van der Waals surface area contributed by atoms with Crippen molar-refractivity contribution in [3.05, 3.63) is 99.8 Å². The summed E-state index contributed by atoms with van der Waals surface area (Å²) in [4.78, 5) is 43.6. The van der Waals surface area contributed by atoms with Gasteiger partial charge in [0.1, 0.15) is 11.5 Å². The molecule has 0 radical (unpaired) electrons. The second-order valence-corrected chi connectivity index (χ2v) is 11.7. The van der Waals surface area contributed by atoms with Gasteiger partial charge in [0.25, 0.3) is 5.56 Å². The number of carbonyl (C=O) groups excluding carboxylic acids is 1. The Bertz CT molecular complexity index is 2010. The second-order valence-electron chi connectivity index (χ2n) is 9.46. The molecule has 0 amide bonds. The number of rotatable bonds is 9. The van der Waals surface area contributed by atoms with Crippen molar-refractivity contribution < 1.29 is 33.3 Å². The molecule has 0 aliphatic carbocycles. The van der Waals surface area contributed by atoms with Crippen LogP contribution in [0.1, 0.15) is 48.5 Å². The Kier molecular flexibility index (Phi) is 9.14. The number of ether oxygens (including phenoxy) is 3. The van der Waals surface area contributed by atoms with Gasteiger partial charge >= 0.3 is 11.9 Å². The van der Waals surface area contributed by atoms with E-state index in [1.165, 1.54) is 23.8 Å². The fourth-order valence-corrected chi connectivity index (χ4v) is 6.66. The standard InChI is InChI=1S/C31H26BrClN2O8S/c1-5-41-24-14-20(32)19(13-23(24)40-4)27-26(30(39)42-6-2)15(3)34-31-35(27)28(36)25(44-31)12-17-8-10-22(43-17)16-7-9-18(29(37)38)21(33)11-16/h7-14,27H,5-6H2,1-4H3,(H,37,38)/b25-12+/t27-/m1/s1. The van der Waals surface area contributed by atoms with E-state index < -0.39 is 18.0 Å². The number of fused-ring (bicyclic) bond motifs is 1. The number of thiazole rings is 1. The minimum atomic E-state index is -1.13. The summed E-state index contributed by atoms with van der Waals surface area (Å²) in [6.07, 6.45) is 1.59. The molecular formula is C31H26BrClN2O8S. The van der Waals surface area contributed by atoms with E-state index in [4.69, 9.17) is 30.2 Å². The number of furan rings is 1. The Morgan fingerprint density at radius 2 is 1.93 bits per heavy atom. The minimum absolute atomic E-state index is 0.0212. The highest BCUT2D eigenvalue weighted by molar-refractivity contribution is 9.10. The number of carboxylic acid groups (broad SMARTS) is 1. The van der Waals surface area contributed by atoms with E-state index in [0.717, 1.165) is 11.3 Å². The van der Waals surface area contributed by atoms with Crippen molar-refractivity contribution in [2.45, 2.75) is 26.8 Å². The van der Waals surface area contributed by atoms with Gasteiger partial charge in [0.05, 0.1) is 52.8 Å². The van der Waals surface area contributed by atoms with E-state index in [0.29, 0.717) is 60.3 Å². The van der Waals surface area contributed by atoms with Gasteiger partial charge in [-0.15, -0.1) is 0 Å². The average Bonchev–Trinajstić information content (AvgIpc) is 3.56. The first-order chi connectivity index (χ1) is 21.1. The van der Waals surface area contributed by atoms with E-state index in [1.54, 1.807) is 50.3 Å². The molecule has 1 atom stereocenters. The van der Waals surface area contributed by atoms with Crippen molar-refractivity contribution in [2.24, 2.45) is 4.99 Å². The molecule has 0 spiro atoms. The predicted molar refractivity (Wildman–Crippen MR) is 168 cm³/mol. The lowest BCUT2D eigenvalue weighted by Gasteiger charge is -2.26. The molecule has 10 nitrogen and oxygen atoms in total. The SMILES string of the molecule is CCOC(=O)C1=C(C)N=c2s/c(=C/c3ccc(-c4ccc(C(=O)O)c(Cl)c4)o3)c(=O)n2[C@@H]1c1cc(OC)c(OCC)cc1Br. The first-order valence-corrected chi connectivity index (χ1v) is 15.4. The highest BCUT2D eigenvalue weighted by Gasteiger charge is 2.35. The molecule has 44 heavy (non-hydrogen) atoms. The smallest absolute Gasteiger partial charge is 0.338 e. The maximum absolute atomic E-state index is 14.0. The number of carbonyl (C=O) groups is 2. The molecule has 4 aromatic rings. The molecule has 0 bridgehead atoms. The number of aromatic nitrogens is 1. The Balaban J connectivity index is 1.65. The third-order valence-corrected chi connectivity index (χ3v) is 8.76. The van der Waals surface area contributed by atoms with E-state index >= 15 is 0 Å². The van der Waals surface area contributed by atoms with Gasteiger partial charge in [0.2, 0.25) is 0 Å². The normalized spacial score (nSPS) is 14.7. The lowest BCUT2D eigenvalue weighted by Crippen LogP contribution is -2.40. The molecule has 0 unspecified atom stereocenters. The number of aromatic carboxylic acids is 1. The quantitative estimate of drug-likeness (QED) is 0.224. The zero-order chi connectivity index (χ0) is 31.7. The van der Waals surface area contributed by atoms with E-state index in [2.05, 4.69) is 20.9 Å². The second kappa shape index (κ2) is 12.8. The van der Waals surface area contributed by atoms with Crippen molar-refractivity contribution in [1.82, 2.24) is 4.57 Å². The summed E-state index contributed by atoms with van der Waals surface area (Å²) in [5, 5.41) is 9.33. The van der Waals surface area contributed by atoms with Crippen LogP contribution in [-0.4, -0.2) is 41.9 Å². The summed E-state index contributed by atoms with van der Waals surface area (Å²) in [5.74, 6) is 0.0362. The average molecular weight is 702 g/mol. The van der Waals surface area contributed by atoms with Gasteiger partial charge in [-0.2, -0.15) is 0 Å². The van der Waals surface area contributed by atoms with Crippen LogP contribution < -0.4 is 24.4 Å². The molecule has 2 aromatic heterocycles. The number of hydrogen-bond acceptors (Lipinski definition) is 9. The summed E-state index contributed by atoms with van der Waals surface area (Å²) in [6.45, 7) is 5.83. The zero-order valence-corrected chi connectivity index (χ0v) is 27.1. The number of halogens is 2. The third-order valence-electron chi connectivity index (χ3n) is 6.78. The number of methoxy groups -OCH3 is 1. The summed E-state index contributed by atoms with van der Waals surface area (Å²) < 4.78 is 25.0. The van der Waals surface area contributed by atoms with Crippen molar-refractivity contribution in [1.29, 1.82) is 0 Å². The van der Waals surface area contributed by atoms with Gasteiger partial charge in [-0.05, 0) is 62.7 Å². The lowest BCUT2D eigenvalue weighted by molar-refractivity contribution is -0.139. The third kappa shape index (κ3) is 5.84. The van der Waals surface area contributed by atoms with Crippen molar-refractivity contribution in [3.8, 4) is 22.8 Å². The largest absolute Gasteiger partial charge is 0.493 e. The van der Waals surface area contributed by atoms with Crippen LogP contribution in [0.5, 0.6) is 11.5 Å². The number of hydrogen-bond donors (Lipinski definition) is 1. The Labute approximate surface area is 268 Å². The van der Waals surface area contributed by atoms with Crippen LogP contribution in [0.15, 0.2) is 72.4 Å². The highest BCUT2D eigenvalue weighted by atomic mass is 79.9. The van der Waals surface area contributed by atoms with Gasteiger partial charge in [-0.1, -0.05) is 44.9 Å². The van der Waals surface area contributed by atoms with Gasteiger partial charge in [-0.3, -0.25) is 9.36 Å². The molecule has 0 fully saturated rings. The number of benzene rings is 2. The van der Waals surface area contributed by atoms with Crippen LogP contribution in [0, 0.1) is 0 Å². The fraction of sp³-hybridized carbons (Fsp3) is 0.226. The summed E-state index contributed by atoms with van der Waals surface area (Å²) in [5.41, 5.74) is 1.39. The van der Waals surface area contributed by atoms with E-state index in [1.807, 2.05) is 6.92 Å². The van der Waals surface area contributed by atoms with Crippen LogP contribution in [0.2, 0.25) is 5.02 Å². The molecular weight excluding hydrogens is 676 g/mol. The minimum Gasteiger partial charge on any atom is -0.493 e. The highest BCUT2D eigenvalue weighted by Crippen LogP contribution is 2.41. The van der Waals surface area contributed by atoms with Gasteiger partial charge in [0, 0.05) is 16.1 Å². The first kappa shape index (κ1) is 31.3. The first-order valence-electron chi connectivity index (χ1n) is 13.4. The van der Waals surface area contributed by atoms with E-state index in [-0.39, 0.29) is 28.3 Å². The monoisotopic (exact) mass is 700 g/mol. The summed E-state index contributed by atoms with van der Waals surface area (Å²) in [6, 6.07) is 10.5. The molecule has 3 heterocycles. The Morgan fingerprint density at radius 1 is 1.16 bits per heavy atom. The van der Waals surface area contributed by atoms with Crippen molar-refractivity contribution >= 4 is 56.9 Å². The molecule has 2 aromatic carbocycles.